The first-order valence-electron chi connectivity index (χ1n) is 7.77. The van der Waals surface area contributed by atoms with Gasteiger partial charge in [-0.15, -0.1) is 0 Å². The van der Waals surface area contributed by atoms with Crippen molar-refractivity contribution in [1.82, 2.24) is 5.32 Å². The Labute approximate surface area is 137 Å². The van der Waals surface area contributed by atoms with Gasteiger partial charge in [-0.2, -0.15) is 0 Å². The minimum absolute atomic E-state index is 0.0372. The first-order chi connectivity index (χ1) is 11.2. The van der Waals surface area contributed by atoms with Crippen LogP contribution in [0.25, 0.3) is 0 Å². The van der Waals surface area contributed by atoms with E-state index in [4.69, 9.17) is 9.47 Å². The molecule has 2 aromatic carbocycles. The van der Waals surface area contributed by atoms with E-state index in [0.29, 0.717) is 19.6 Å². The van der Waals surface area contributed by atoms with E-state index >= 15 is 0 Å². The summed E-state index contributed by atoms with van der Waals surface area (Å²) in [5.74, 6) is 1.72. The van der Waals surface area contributed by atoms with E-state index in [9.17, 15) is 4.79 Å². The maximum Gasteiger partial charge on any atom is 0.220 e. The second-order valence-electron chi connectivity index (χ2n) is 5.32. The number of aryl methyl sites for hydroxylation is 2. The predicted molar refractivity (Wildman–Crippen MR) is 91.0 cm³/mol. The van der Waals surface area contributed by atoms with Crippen LogP contribution >= 0.6 is 0 Å². The third-order valence-corrected chi connectivity index (χ3v) is 3.54. The molecule has 1 amide bonds. The highest BCUT2D eigenvalue weighted by Gasteiger charge is 2.04. The number of benzene rings is 2. The van der Waals surface area contributed by atoms with Gasteiger partial charge in [-0.05, 0) is 42.7 Å². The fourth-order valence-electron chi connectivity index (χ4n) is 2.32. The molecule has 0 aliphatic carbocycles. The van der Waals surface area contributed by atoms with E-state index in [2.05, 4.69) is 11.4 Å². The van der Waals surface area contributed by atoms with Crippen molar-refractivity contribution in [3.8, 4) is 11.5 Å². The molecular weight excluding hydrogens is 290 g/mol. The van der Waals surface area contributed by atoms with Crippen LogP contribution in [-0.4, -0.2) is 26.2 Å². The Balaban J connectivity index is 1.66. The topological polar surface area (TPSA) is 47.6 Å². The van der Waals surface area contributed by atoms with Gasteiger partial charge in [0, 0.05) is 6.42 Å². The molecule has 4 heteroatoms. The molecule has 2 rings (SSSR count). The van der Waals surface area contributed by atoms with Gasteiger partial charge >= 0.3 is 0 Å². The van der Waals surface area contributed by atoms with E-state index < -0.39 is 0 Å². The van der Waals surface area contributed by atoms with Gasteiger partial charge in [0.15, 0.2) is 0 Å². The fourth-order valence-corrected chi connectivity index (χ4v) is 2.32. The number of hydrogen-bond donors (Lipinski definition) is 1. The molecule has 0 bridgehead atoms. The number of methoxy groups -OCH3 is 1. The summed E-state index contributed by atoms with van der Waals surface area (Å²) >= 11 is 0. The lowest BCUT2D eigenvalue weighted by Gasteiger charge is -2.09. The van der Waals surface area contributed by atoms with Crippen LogP contribution in [0.15, 0.2) is 48.5 Å². The van der Waals surface area contributed by atoms with Crippen LogP contribution in [0.5, 0.6) is 11.5 Å². The minimum Gasteiger partial charge on any atom is -0.496 e. The predicted octanol–water partition coefficient (Wildman–Crippen LogP) is 3.13. The number of nitrogens with one attached hydrogen (secondary N) is 1. The Morgan fingerprint density at radius 1 is 1.13 bits per heavy atom. The molecule has 0 unspecified atom stereocenters. The quantitative estimate of drug-likeness (QED) is 0.762. The summed E-state index contributed by atoms with van der Waals surface area (Å²) in [4.78, 5) is 11.8. The molecule has 0 aromatic heterocycles. The van der Waals surface area contributed by atoms with Gasteiger partial charge in [0.2, 0.25) is 5.91 Å². The lowest BCUT2D eigenvalue weighted by Crippen LogP contribution is -2.28. The van der Waals surface area contributed by atoms with Crippen molar-refractivity contribution in [2.75, 3.05) is 20.3 Å². The van der Waals surface area contributed by atoms with Crippen molar-refractivity contribution in [2.45, 2.75) is 19.8 Å². The van der Waals surface area contributed by atoms with Gasteiger partial charge in [-0.3, -0.25) is 4.79 Å². The number of ether oxygens (including phenoxy) is 2. The van der Waals surface area contributed by atoms with Crippen LogP contribution in [0, 0.1) is 6.92 Å². The van der Waals surface area contributed by atoms with Gasteiger partial charge in [-0.25, -0.2) is 0 Å². The Hall–Kier alpha value is -2.49. The molecule has 1 N–H and O–H groups in total. The zero-order valence-electron chi connectivity index (χ0n) is 13.7. The SMILES string of the molecule is COc1ccc(CCC(=O)NCCOc2ccccc2)cc1C. The highest BCUT2D eigenvalue weighted by atomic mass is 16.5. The second-order valence-corrected chi connectivity index (χ2v) is 5.32. The Kier molecular flexibility index (Phi) is 6.48. The number of carbonyl (C=O) groups is 1. The fraction of sp³-hybridized carbons (Fsp3) is 0.316. The first-order valence-corrected chi connectivity index (χ1v) is 7.77. The molecule has 0 heterocycles. The molecule has 2 aromatic rings. The van der Waals surface area contributed by atoms with E-state index in [0.717, 1.165) is 29.0 Å². The molecule has 23 heavy (non-hydrogen) atoms. The lowest BCUT2D eigenvalue weighted by molar-refractivity contribution is -0.121. The van der Waals surface area contributed by atoms with Crippen molar-refractivity contribution in [1.29, 1.82) is 0 Å². The highest BCUT2D eigenvalue weighted by molar-refractivity contribution is 5.76. The summed E-state index contributed by atoms with van der Waals surface area (Å²) in [7, 11) is 1.66. The molecule has 0 radical (unpaired) electrons. The molecule has 0 fully saturated rings. The maximum absolute atomic E-state index is 11.8. The molecule has 0 aliphatic heterocycles. The van der Waals surface area contributed by atoms with Crippen molar-refractivity contribution >= 4 is 5.91 Å². The second kappa shape index (κ2) is 8.83. The molecular formula is C19H23NO3. The molecule has 0 saturated carbocycles. The van der Waals surface area contributed by atoms with Crippen molar-refractivity contribution in [2.24, 2.45) is 0 Å². The number of carbonyl (C=O) groups excluding carboxylic acids is 1. The van der Waals surface area contributed by atoms with Gasteiger partial charge in [0.1, 0.15) is 18.1 Å². The smallest absolute Gasteiger partial charge is 0.220 e. The van der Waals surface area contributed by atoms with Crippen LogP contribution in [0.3, 0.4) is 0 Å². The van der Waals surface area contributed by atoms with Crippen LogP contribution in [0.1, 0.15) is 17.5 Å². The van der Waals surface area contributed by atoms with E-state index in [1.165, 1.54) is 0 Å². The number of amides is 1. The normalized spacial score (nSPS) is 10.2. The van der Waals surface area contributed by atoms with Crippen LogP contribution in [-0.2, 0) is 11.2 Å². The van der Waals surface area contributed by atoms with E-state index in [1.807, 2.05) is 49.4 Å². The zero-order valence-corrected chi connectivity index (χ0v) is 13.7. The number of rotatable bonds is 8. The lowest BCUT2D eigenvalue weighted by atomic mass is 10.1. The third-order valence-electron chi connectivity index (χ3n) is 3.54. The van der Waals surface area contributed by atoms with Crippen molar-refractivity contribution in [3.05, 3.63) is 59.7 Å². The number of para-hydroxylation sites is 1. The van der Waals surface area contributed by atoms with Gasteiger partial charge < -0.3 is 14.8 Å². The average Bonchev–Trinajstić information content (AvgIpc) is 2.58. The van der Waals surface area contributed by atoms with Crippen LogP contribution < -0.4 is 14.8 Å². The van der Waals surface area contributed by atoms with E-state index in [-0.39, 0.29) is 5.91 Å². The monoisotopic (exact) mass is 313 g/mol. The summed E-state index contributed by atoms with van der Waals surface area (Å²) in [6, 6.07) is 15.6. The molecule has 0 spiro atoms. The average molecular weight is 313 g/mol. The van der Waals surface area contributed by atoms with Crippen LogP contribution in [0.2, 0.25) is 0 Å². The van der Waals surface area contributed by atoms with Crippen molar-refractivity contribution in [3.63, 3.8) is 0 Å². The number of hydrogen-bond acceptors (Lipinski definition) is 3. The van der Waals surface area contributed by atoms with Crippen molar-refractivity contribution < 1.29 is 14.3 Å². The zero-order chi connectivity index (χ0) is 16.5. The van der Waals surface area contributed by atoms with Gasteiger partial charge in [0.05, 0.1) is 13.7 Å². The first kappa shape index (κ1) is 16.9. The Morgan fingerprint density at radius 3 is 2.61 bits per heavy atom. The van der Waals surface area contributed by atoms with Gasteiger partial charge in [-0.1, -0.05) is 30.3 Å². The summed E-state index contributed by atoms with van der Waals surface area (Å²) < 4.78 is 10.8. The Morgan fingerprint density at radius 2 is 1.91 bits per heavy atom. The molecule has 0 atom stereocenters. The summed E-state index contributed by atoms with van der Waals surface area (Å²) in [5.41, 5.74) is 2.22. The summed E-state index contributed by atoms with van der Waals surface area (Å²) in [6.45, 7) is 2.98. The standard InChI is InChI=1S/C19H23NO3/c1-15-14-16(8-10-18(15)22-2)9-11-19(21)20-12-13-23-17-6-4-3-5-7-17/h3-8,10,14H,9,11-13H2,1-2H3,(H,20,21). The maximum atomic E-state index is 11.8. The largest absolute Gasteiger partial charge is 0.496 e. The highest BCUT2D eigenvalue weighted by Crippen LogP contribution is 2.19. The van der Waals surface area contributed by atoms with Gasteiger partial charge in [0.25, 0.3) is 0 Å². The Bertz CT molecular complexity index is 626. The minimum atomic E-state index is 0.0372. The molecule has 4 nitrogen and oxygen atoms in total. The third kappa shape index (κ3) is 5.66. The van der Waals surface area contributed by atoms with Crippen LogP contribution in [0.4, 0.5) is 0 Å². The summed E-state index contributed by atoms with van der Waals surface area (Å²) in [6.07, 6.45) is 1.19. The molecule has 0 saturated heterocycles. The molecule has 0 aliphatic rings. The van der Waals surface area contributed by atoms with E-state index in [1.54, 1.807) is 7.11 Å². The molecule has 122 valence electrons. The summed E-state index contributed by atoms with van der Waals surface area (Å²) in [5, 5.41) is 2.87.